The molecule has 2 aromatic carbocycles. The summed E-state index contributed by atoms with van der Waals surface area (Å²) in [7, 11) is 3.87. The van der Waals surface area contributed by atoms with Crippen LogP contribution in [0.15, 0.2) is 37.1 Å². The lowest BCUT2D eigenvalue weighted by Crippen LogP contribution is -2.61. The summed E-state index contributed by atoms with van der Waals surface area (Å²) < 4.78 is 19.4. The number of methoxy groups -OCH3 is 1. The number of aromatic amines is 1. The average molecular weight is 638 g/mol. The maximum Gasteiger partial charge on any atom is 0.319 e. The molecule has 5 heterocycles. The molecule has 2 aromatic heterocycles. The summed E-state index contributed by atoms with van der Waals surface area (Å²) in [5.41, 5.74) is 4.82. The van der Waals surface area contributed by atoms with E-state index in [4.69, 9.17) is 24.2 Å². The van der Waals surface area contributed by atoms with Gasteiger partial charge in [-0.05, 0) is 82.8 Å². The highest BCUT2D eigenvalue weighted by molar-refractivity contribution is 6.06. The molecule has 3 aliphatic heterocycles. The number of hydrogen-bond acceptors (Lipinski definition) is 9. The second kappa shape index (κ2) is 11.7. The number of likely N-dealkylation sites (tertiary alicyclic amines) is 2. The van der Waals surface area contributed by atoms with Gasteiger partial charge in [0.25, 0.3) is 0 Å². The molecule has 1 aliphatic carbocycles. The number of anilines is 1. The van der Waals surface area contributed by atoms with Crippen molar-refractivity contribution >= 4 is 33.5 Å². The van der Waals surface area contributed by atoms with E-state index in [-0.39, 0.29) is 17.4 Å². The van der Waals surface area contributed by atoms with Gasteiger partial charge in [0.05, 0.1) is 35.9 Å². The zero-order valence-corrected chi connectivity index (χ0v) is 27.6. The number of H-pyrrole nitrogens is 1. The lowest BCUT2D eigenvalue weighted by atomic mass is 9.72. The Morgan fingerprint density at radius 3 is 2.62 bits per heavy atom. The molecule has 4 aromatic rings. The zero-order chi connectivity index (χ0) is 32.3. The van der Waals surface area contributed by atoms with Crippen molar-refractivity contribution in [1.29, 1.82) is 0 Å². The standard InChI is InChI=1S/C36H43N7O4/c1-5-29(44)43-20-36(21-43)12-15-42(16-13-36)34-25-17-28(45-4)31(30-22(2)8-11-27-26(30)18-37-40-27)33(47-24-9-10-24)32(25)38-35(39-34)46-19-23-7-6-14-41(23)3/h5,8,11,17-18,23-24H,1,6-7,9-10,12-16,19-21H2,2-4H3,(H,37,40)/t23-/m0/s1. The van der Waals surface area contributed by atoms with Gasteiger partial charge in [-0.1, -0.05) is 12.6 Å². The number of carbonyl (C=O) groups excluding carboxylic acids is 1. The monoisotopic (exact) mass is 637 g/mol. The van der Waals surface area contributed by atoms with Gasteiger partial charge in [0.1, 0.15) is 23.7 Å². The molecule has 8 rings (SSSR count). The lowest BCUT2D eigenvalue weighted by Gasteiger charge is -2.54. The Morgan fingerprint density at radius 2 is 1.91 bits per heavy atom. The van der Waals surface area contributed by atoms with Crippen LogP contribution < -0.4 is 19.1 Å². The SMILES string of the molecule is C=CC(=O)N1CC2(CCN(c3nc(OC[C@@H]4CCCN4C)nc4c(OC5CC5)c(-c5c(C)ccc6[nH]ncc56)c(OC)cc34)CC2)C1. The van der Waals surface area contributed by atoms with Crippen molar-refractivity contribution in [2.45, 2.75) is 57.6 Å². The number of carbonyl (C=O) groups is 1. The molecule has 3 saturated heterocycles. The van der Waals surface area contributed by atoms with Crippen molar-refractivity contribution in [3.63, 3.8) is 0 Å². The number of benzene rings is 2. The van der Waals surface area contributed by atoms with E-state index in [0.29, 0.717) is 30.2 Å². The van der Waals surface area contributed by atoms with Crippen LogP contribution in [-0.2, 0) is 4.79 Å². The van der Waals surface area contributed by atoms with Crippen LogP contribution >= 0.6 is 0 Å². The minimum Gasteiger partial charge on any atom is -0.496 e. The van der Waals surface area contributed by atoms with Crippen molar-refractivity contribution in [3.05, 3.63) is 42.6 Å². The molecule has 1 atom stereocenters. The van der Waals surface area contributed by atoms with Gasteiger partial charge in [-0.2, -0.15) is 15.1 Å². The summed E-state index contributed by atoms with van der Waals surface area (Å²) in [5, 5.41) is 9.38. The number of nitrogens with zero attached hydrogens (tertiary/aromatic N) is 6. The summed E-state index contributed by atoms with van der Waals surface area (Å²) in [5.74, 6) is 2.27. The van der Waals surface area contributed by atoms with Crippen LogP contribution in [0.3, 0.4) is 0 Å². The first-order valence-electron chi connectivity index (χ1n) is 16.9. The molecule has 1 saturated carbocycles. The van der Waals surface area contributed by atoms with E-state index in [1.54, 1.807) is 7.11 Å². The van der Waals surface area contributed by atoms with Crippen molar-refractivity contribution in [3.8, 4) is 28.6 Å². The van der Waals surface area contributed by atoms with E-state index in [0.717, 1.165) is 109 Å². The Morgan fingerprint density at radius 1 is 1.11 bits per heavy atom. The molecule has 1 spiro atoms. The highest BCUT2D eigenvalue weighted by Crippen LogP contribution is 2.51. The smallest absolute Gasteiger partial charge is 0.319 e. The largest absolute Gasteiger partial charge is 0.496 e. The Hall–Kier alpha value is -4.38. The maximum atomic E-state index is 12.2. The zero-order valence-electron chi connectivity index (χ0n) is 27.6. The van der Waals surface area contributed by atoms with E-state index >= 15 is 0 Å². The first-order chi connectivity index (χ1) is 22.9. The summed E-state index contributed by atoms with van der Waals surface area (Å²) >= 11 is 0. The van der Waals surface area contributed by atoms with Crippen molar-refractivity contribution in [1.82, 2.24) is 30.0 Å². The number of aryl methyl sites for hydroxylation is 1. The van der Waals surface area contributed by atoms with E-state index < -0.39 is 0 Å². The van der Waals surface area contributed by atoms with Gasteiger partial charge < -0.3 is 28.9 Å². The molecule has 1 N–H and O–H groups in total. The third kappa shape index (κ3) is 5.34. The topological polar surface area (TPSA) is 109 Å². The molecule has 0 radical (unpaired) electrons. The predicted octanol–water partition coefficient (Wildman–Crippen LogP) is 5.12. The highest BCUT2D eigenvalue weighted by atomic mass is 16.5. The van der Waals surface area contributed by atoms with Gasteiger partial charge in [-0.15, -0.1) is 0 Å². The minimum atomic E-state index is 0.0157. The van der Waals surface area contributed by atoms with E-state index in [2.05, 4.69) is 58.7 Å². The normalized spacial score (nSPS) is 21.0. The van der Waals surface area contributed by atoms with Crippen LogP contribution in [-0.4, -0.2) is 102 Å². The third-order valence-corrected chi connectivity index (χ3v) is 10.7. The Labute approximate surface area is 274 Å². The molecule has 4 fully saturated rings. The predicted molar refractivity (Wildman–Crippen MR) is 181 cm³/mol. The fourth-order valence-electron chi connectivity index (χ4n) is 7.72. The summed E-state index contributed by atoms with van der Waals surface area (Å²) in [6, 6.07) is 6.94. The van der Waals surface area contributed by atoms with Crippen LogP contribution in [0.5, 0.6) is 17.5 Å². The van der Waals surface area contributed by atoms with Gasteiger partial charge in [0.2, 0.25) is 5.91 Å². The number of nitrogens with one attached hydrogen (secondary N) is 1. The van der Waals surface area contributed by atoms with Crippen LogP contribution in [0.4, 0.5) is 5.82 Å². The average Bonchev–Trinajstić information content (AvgIpc) is 3.59. The van der Waals surface area contributed by atoms with Gasteiger partial charge in [-0.3, -0.25) is 9.89 Å². The molecule has 11 heteroatoms. The molecule has 246 valence electrons. The van der Waals surface area contributed by atoms with Crippen molar-refractivity contribution in [2.75, 3.05) is 58.4 Å². The van der Waals surface area contributed by atoms with Crippen LogP contribution in [0.2, 0.25) is 0 Å². The van der Waals surface area contributed by atoms with Gasteiger partial charge in [-0.25, -0.2) is 0 Å². The molecule has 47 heavy (non-hydrogen) atoms. The molecule has 0 unspecified atom stereocenters. The van der Waals surface area contributed by atoms with Gasteiger partial charge >= 0.3 is 6.01 Å². The van der Waals surface area contributed by atoms with Gasteiger partial charge in [0, 0.05) is 48.6 Å². The summed E-state index contributed by atoms with van der Waals surface area (Å²) in [6.45, 7) is 10.6. The number of ether oxygens (including phenoxy) is 3. The molecule has 11 nitrogen and oxygen atoms in total. The molecule has 1 amide bonds. The second-order valence-corrected chi connectivity index (χ2v) is 13.9. The second-order valence-electron chi connectivity index (χ2n) is 13.9. The lowest BCUT2D eigenvalue weighted by molar-refractivity contribution is -0.139. The number of rotatable bonds is 9. The number of aromatic nitrogens is 4. The Balaban J connectivity index is 1.25. The number of hydrogen-bond donors (Lipinski definition) is 1. The fraction of sp³-hybridized carbons (Fsp3) is 0.500. The molecular weight excluding hydrogens is 594 g/mol. The highest BCUT2D eigenvalue weighted by Gasteiger charge is 2.46. The van der Waals surface area contributed by atoms with Crippen LogP contribution in [0, 0.1) is 12.3 Å². The van der Waals surface area contributed by atoms with E-state index in [1.807, 2.05) is 11.1 Å². The number of fused-ring (bicyclic) bond motifs is 2. The molecule has 4 aliphatic rings. The Kier molecular flexibility index (Phi) is 7.46. The number of piperidine rings is 1. The Bertz CT molecular complexity index is 1850. The third-order valence-electron chi connectivity index (χ3n) is 10.7. The first kappa shape index (κ1) is 30.0. The van der Waals surface area contributed by atoms with Crippen molar-refractivity contribution < 1.29 is 19.0 Å². The first-order valence-corrected chi connectivity index (χ1v) is 16.9. The van der Waals surface area contributed by atoms with E-state index in [9.17, 15) is 4.79 Å². The quantitative estimate of drug-likeness (QED) is 0.250. The number of amides is 1. The van der Waals surface area contributed by atoms with Crippen LogP contribution in [0.1, 0.15) is 44.1 Å². The summed E-state index contributed by atoms with van der Waals surface area (Å²) in [6.07, 6.45) is 9.63. The molecular formula is C36H43N7O4. The summed E-state index contributed by atoms with van der Waals surface area (Å²) in [4.78, 5) is 29.0. The van der Waals surface area contributed by atoms with E-state index in [1.165, 1.54) is 12.5 Å². The number of likely N-dealkylation sites (N-methyl/N-ethyl adjacent to an activating group) is 1. The van der Waals surface area contributed by atoms with Crippen molar-refractivity contribution in [2.24, 2.45) is 5.41 Å². The fourth-order valence-corrected chi connectivity index (χ4v) is 7.72. The molecule has 0 bridgehead atoms. The minimum absolute atomic E-state index is 0.0157. The maximum absolute atomic E-state index is 12.2. The van der Waals surface area contributed by atoms with Crippen LogP contribution in [0.25, 0.3) is 32.9 Å². The van der Waals surface area contributed by atoms with Gasteiger partial charge in [0.15, 0.2) is 5.75 Å².